The predicted molar refractivity (Wildman–Crippen MR) is 81.2 cm³/mol. The van der Waals surface area contributed by atoms with Crippen LogP contribution in [0.25, 0.3) is 0 Å². The summed E-state index contributed by atoms with van der Waals surface area (Å²) < 4.78 is 6.01. The molecule has 0 aromatic heterocycles. The first-order valence-corrected chi connectivity index (χ1v) is 7.34. The van der Waals surface area contributed by atoms with Crippen molar-refractivity contribution in [2.24, 2.45) is 5.84 Å². The van der Waals surface area contributed by atoms with Crippen LogP contribution in [0.15, 0.2) is 24.3 Å². The summed E-state index contributed by atoms with van der Waals surface area (Å²) in [6.45, 7) is 7.01. The Bertz CT molecular complexity index is 363. The number of nitrogens with two attached hydrogens (primary N) is 1. The number of rotatable bonds is 8. The fourth-order valence-corrected chi connectivity index (χ4v) is 2.71. The van der Waals surface area contributed by atoms with Gasteiger partial charge in [0.25, 0.3) is 0 Å². The third kappa shape index (κ3) is 4.18. The zero-order valence-electron chi connectivity index (χ0n) is 12.1. The van der Waals surface area contributed by atoms with Crippen molar-refractivity contribution in [3.63, 3.8) is 0 Å². The molecule has 1 rings (SSSR count). The number of hydrogen-bond donors (Lipinski definition) is 2. The number of benzene rings is 1. The number of hydrazine groups is 1. The summed E-state index contributed by atoms with van der Waals surface area (Å²) in [5.41, 5.74) is 3.92. The van der Waals surface area contributed by atoms with Crippen LogP contribution in [0.1, 0.15) is 39.2 Å². The van der Waals surface area contributed by atoms with Crippen molar-refractivity contribution in [3.05, 3.63) is 34.9 Å². The maximum absolute atomic E-state index is 6.01. The normalized spacial score (nSPS) is 13.5. The van der Waals surface area contributed by atoms with Crippen LogP contribution in [0.2, 0.25) is 5.02 Å². The van der Waals surface area contributed by atoms with Crippen LogP contribution in [-0.2, 0) is 11.2 Å². The quantitative estimate of drug-likeness (QED) is 0.569. The minimum absolute atomic E-state index is 0.0867. The molecule has 0 amide bonds. The minimum Gasteiger partial charge on any atom is -0.374 e. The Kier molecular flexibility index (Phi) is 6.80. The molecule has 19 heavy (non-hydrogen) atoms. The van der Waals surface area contributed by atoms with Crippen LogP contribution in [0.5, 0.6) is 0 Å². The van der Waals surface area contributed by atoms with Gasteiger partial charge in [0, 0.05) is 11.6 Å². The molecule has 0 bridgehead atoms. The summed E-state index contributed by atoms with van der Waals surface area (Å²) in [4.78, 5) is 0. The lowest BCUT2D eigenvalue weighted by atomic mass is 9.84. The average molecular weight is 285 g/mol. The van der Waals surface area contributed by atoms with Crippen molar-refractivity contribution in [2.45, 2.75) is 51.7 Å². The van der Waals surface area contributed by atoms with Crippen molar-refractivity contribution < 1.29 is 4.74 Å². The van der Waals surface area contributed by atoms with Crippen LogP contribution in [0.4, 0.5) is 0 Å². The van der Waals surface area contributed by atoms with E-state index >= 15 is 0 Å². The van der Waals surface area contributed by atoms with E-state index < -0.39 is 0 Å². The molecule has 0 aliphatic rings. The molecule has 108 valence electrons. The van der Waals surface area contributed by atoms with Crippen LogP contribution >= 0.6 is 11.6 Å². The zero-order valence-corrected chi connectivity index (χ0v) is 12.8. The van der Waals surface area contributed by atoms with Crippen molar-refractivity contribution in [3.8, 4) is 0 Å². The summed E-state index contributed by atoms with van der Waals surface area (Å²) in [5.74, 6) is 5.76. The van der Waals surface area contributed by atoms with Gasteiger partial charge in [-0.25, -0.2) is 0 Å². The van der Waals surface area contributed by atoms with E-state index in [0.29, 0.717) is 6.61 Å². The Morgan fingerprint density at radius 1 is 1.21 bits per heavy atom. The van der Waals surface area contributed by atoms with Crippen molar-refractivity contribution in [1.29, 1.82) is 0 Å². The van der Waals surface area contributed by atoms with Gasteiger partial charge in [-0.2, -0.15) is 0 Å². The smallest absolute Gasteiger partial charge is 0.0846 e. The van der Waals surface area contributed by atoms with Gasteiger partial charge in [-0.3, -0.25) is 11.3 Å². The van der Waals surface area contributed by atoms with Gasteiger partial charge >= 0.3 is 0 Å². The second-order valence-corrected chi connectivity index (χ2v) is 5.19. The van der Waals surface area contributed by atoms with Crippen molar-refractivity contribution >= 4 is 11.6 Å². The molecule has 1 atom stereocenters. The van der Waals surface area contributed by atoms with Gasteiger partial charge in [0.1, 0.15) is 0 Å². The summed E-state index contributed by atoms with van der Waals surface area (Å²) in [5, 5.41) is 0.753. The van der Waals surface area contributed by atoms with Gasteiger partial charge in [0.2, 0.25) is 0 Å². The number of halogens is 1. The van der Waals surface area contributed by atoms with E-state index in [1.54, 1.807) is 0 Å². The van der Waals surface area contributed by atoms with E-state index in [1.807, 2.05) is 31.2 Å². The minimum atomic E-state index is -0.219. The molecule has 0 radical (unpaired) electrons. The topological polar surface area (TPSA) is 47.3 Å². The molecule has 1 aromatic rings. The molecule has 0 aliphatic carbocycles. The van der Waals surface area contributed by atoms with Gasteiger partial charge in [0.15, 0.2) is 0 Å². The van der Waals surface area contributed by atoms with E-state index in [2.05, 4.69) is 19.3 Å². The van der Waals surface area contributed by atoms with Crippen LogP contribution < -0.4 is 11.3 Å². The molecule has 0 saturated carbocycles. The zero-order chi connectivity index (χ0) is 14.3. The number of nitrogens with one attached hydrogen (secondary N) is 1. The van der Waals surface area contributed by atoms with Gasteiger partial charge in [0.05, 0.1) is 11.6 Å². The maximum atomic E-state index is 6.01. The highest BCUT2D eigenvalue weighted by atomic mass is 35.5. The summed E-state index contributed by atoms with van der Waals surface area (Å²) in [6, 6.07) is 7.97. The first-order chi connectivity index (χ1) is 9.11. The maximum Gasteiger partial charge on any atom is 0.0846 e. The van der Waals surface area contributed by atoms with E-state index in [1.165, 1.54) is 5.56 Å². The van der Waals surface area contributed by atoms with E-state index in [0.717, 1.165) is 24.3 Å². The Hall–Kier alpha value is -0.610. The monoisotopic (exact) mass is 284 g/mol. The average Bonchev–Trinajstić information content (AvgIpc) is 2.44. The lowest BCUT2D eigenvalue weighted by molar-refractivity contribution is -0.0719. The Labute approximate surface area is 121 Å². The molecule has 0 spiro atoms. The SMILES string of the molecule is CCOC(CC)(CC)C(Cc1ccc(Cl)cc1)NN. The predicted octanol–water partition coefficient (Wildman–Crippen LogP) is 3.31. The number of ether oxygens (including phenoxy) is 1. The van der Waals surface area contributed by atoms with Gasteiger partial charge in [-0.1, -0.05) is 37.6 Å². The molecule has 3 N–H and O–H groups in total. The first kappa shape index (κ1) is 16.4. The highest BCUT2D eigenvalue weighted by Crippen LogP contribution is 2.27. The molecular formula is C15H25ClN2O. The second kappa shape index (κ2) is 7.85. The molecule has 3 nitrogen and oxygen atoms in total. The van der Waals surface area contributed by atoms with Gasteiger partial charge < -0.3 is 4.74 Å². The summed E-state index contributed by atoms with van der Waals surface area (Å²) in [6.07, 6.45) is 2.69. The van der Waals surface area contributed by atoms with Crippen molar-refractivity contribution in [2.75, 3.05) is 6.61 Å². The lowest BCUT2D eigenvalue weighted by Gasteiger charge is -2.39. The molecule has 4 heteroatoms. The fourth-order valence-electron chi connectivity index (χ4n) is 2.59. The highest BCUT2D eigenvalue weighted by Gasteiger charge is 2.35. The molecule has 0 aliphatic heterocycles. The molecule has 0 fully saturated rings. The Morgan fingerprint density at radius 2 is 1.79 bits per heavy atom. The molecule has 1 unspecified atom stereocenters. The summed E-state index contributed by atoms with van der Waals surface area (Å²) >= 11 is 5.91. The van der Waals surface area contributed by atoms with E-state index in [4.69, 9.17) is 22.2 Å². The molecule has 1 aromatic carbocycles. The third-order valence-electron chi connectivity index (χ3n) is 3.82. The van der Waals surface area contributed by atoms with E-state index in [9.17, 15) is 0 Å². The fraction of sp³-hybridized carbons (Fsp3) is 0.600. The Balaban J connectivity index is 2.88. The molecule has 0 saturated heterocycles. The standard InChI is InChI=1S/C15H25ClN2O/c1-4-15(5-2,19-6-3)14(18-17)11-12-7-9-13(16)10-8-12/h7-10,14,18H,4-6,11,17H2,1-3H3. The van der Waals surface area contributed by atoms with Crippen molar-refractivity contribution in [1.82, 2.24) is 5.43 Å². The second-order valence-electron chi connectivity index (χ2n) is 4.75. The Morgan fingerprint density at radius 3 is 2.21 bits per heavy atom. The van der Waals surface area contributed by atoms with Crippen LogP contribution in [0.3, 0.4) is 0 Å². The van der Waals surface area contributed by atoms with Crippen LogP contribution in [-0.4, -0.2) is 18.2 Å². The van der Waals surface area contributed by atoms with E-state index in [-0.39, 0.29) is 11.6 Å². The molecular weight excluding hydrogens is 260 g/mol. The lowest BCUT2D eigenvalue weighted by Crippen LogP contribution is -2.55. The highest BCUT2D eigenvalue weighted by molar-refractivity contribution is 6.30. The van der Waals surface area contributed by atoms with Gasteiger partial charge in [-0.05, 0) is 43.9 Å². The number of hydrogen-bond acceptors (Lipinski definition) is 3. The summed E-state index contributed by atoms with van der Waals surface area (Å²) in [7, 11) is 0. The largest absolute Gasteiger partial charge is 0.374 e. The molecule has 0 heterocycles. The van der Waals surface area contributed by atoms with Crippen LogP contribution in [0, 0.1) is 0 Å². The third-order valence-corrected chi connectivity index (χ3v) is 4.07. The van der Waals surface area contributed by atoms with Gasteiger partial charge in [-0.15, -0.1) is 0 Å². The first-order valence-electron chi connectivity index (χ1n) is 6.96.